The molecule has 0 saturated heterocycles. The second kappa shape index (κ2) is 8.67. The topological polar surface area (TPSA) is 80.0 Å². The maximum Gasteiger partial charge on any atom is 0.418 e. The highest BCUT2D eigenvalue weighted by Crippen LogP contribution is 2.41. The zero-order valence-electron chi connectivity index (χ0n) is 16.8. The van der Waals surface area contributed by atoms with Crippen molar-refractivity contribution in [2.75, 3.05) is 0 Å². The zero-order chi connectivity index (χ0) is 22.9. The molecule has 2 heterocycles. The molecule has 0 radical (unpaired) electrons. The van der Waals surface area contributed by atoms with Crippen LogP contribution in [0, 0.1) is 0 Å². The number of rotatable bonds is 5. The summed E-state index contributed by atoms with van der Waals surface area (Å²) in [5.74, 6) is -0.827. The van der Waals surface area contributed by atoms with Crippen LogP contribution in [0.2, 0.25) is 0 Å². The molecular formula is C22H20BrF3N4O2. The third-order valence-electron chi connectivity index (χ3n) is 5.64. The van der Waals surface area contributed by atoms with Gasteiger partial charge in [0.15, 0.2) is 5.69 Å². The monoisotopic (exact) mass is 508 g/mol. The van der Waals surface area contributed by atoms with Gasteiger partial charge in [-0.2, -0.15) is 18.3 Å². The van der Waals surface area contributed by atoms with Gasteiger partial charge in [0.05, 0.1) is 17.2 Å². The van der Waals surface area contributed by atoms with Crippen LogP contribution in [0.4, 0.5) is 13.2 Å². The van der Waals surface area contributed by atoms with Crippen molar-refractivity contribution in [3.8, 4) is 5.69 Å². The number of benzene rings is 1. The smallest absolute Gasteiger partial charge is 0.387 e. The molecule has 1 aromatic carbocycles. The fourth-order valence-electron chi connectivity index (χ4n) is 4.17. The van der Waals surface area contributed by atoms with Gasteiger partial charge in [-0.15, -0.1) is 0 Å². The van der Waals surface area contributed by atoms with Gasteiger partial charge in [0, 0.05) is 23.1 Å². The molecule has 0 aliphatic heterocycles. The maximum absolute atomic E-state index is 13.7. The highest BCUT2D eigenvalue weighted by atomic mass is 79.9. The van der Waals surface area contributed by atoms with Crippen molar-refractivity contribution in [1.82, 2.24) is 20.1 Å². The Hall–Kier alpha value is -2.72. The lowest BCUT2D eigenvalue weighted by Gasteiger charge is -2.34. The van der Waals surface area contributed by atoms with Crippen LogP contribution in [0.1, 0.15) is 53.3 Å². The molecule has 1 aliphatic rings. The Morgan fingerprint density at radius 2 is 1.94 bits per heavy atom. The Bertz CT molecular complexity index is 1110. The summed E-state index contributed by atoms with van der Waals surface area (Å²) in [6.07, 6.45) is 1.38. The van der Waals surface area contributed by atoms with Crippen molar-refractivity contribution < 1.29 is 23.1 Å². The molecule has 10 heteroatoms. The molecule has 168 valence electrons. The van der Waals surface area contributed by atoms with Crippen molar-refractivity contribution >= 4 is 21.8 Å². The average Bonchev–Trinajstić information content (AvgIpc) is 3.43. The summed E-state index contributed by atoms with van der Waals surface area (Å²) in [6.45, 7) is 0. The van der Waals surface area contributed by atoms with E-state index < -0.39 is 40.7 Å². The van der Waals surface area contributed by atoms with E-state index in [9.17, 15) is 23.1 Å². The molecule has 1 unspecified atom stereocenters. The van der Waals surface area contributed by atoms with Crippen molar-refractivity contribution in [3.63, 3.8) is 0 Å². The number of hydrogen-bond donors (Lipinski definition) is 2. The quantitative estimate of drug-likeness (QED) is 0.517. The van der Waals surface area contributed by atoms with Crippen LogP contribution in [-0.4, -0.2) is 31.4 Å². The van der Waals surface area contributed by atoms with Crippen LogP contribution in [0.5, 0.6) is 0 Å². The molecule has 6 nitrogen and oxygen atoms in total. The summed E-state index contributed by atoms with van der Waals surface area (Å²) in [4.78, 5) is 17.3. The maximum atomic E-state index is 13.7. The van der Waals surface area contributed by atoms with Gasteiger partial charge in [-0.05, 0) is 42.7 Å². The molecule has 0 bridgehead atoms. The van der Waals surface area contributed by atoms with E-state index in [0.29, 0.717) is 18.4 Å². The Balaban J connectivity index is 1.78. The van der Waals surface area contributed by atoms with E-state index >= 15 is 0 Å². The number of amides is 1. The molecule has 1 aliphatic carbocycles. The summed E-state index contributed by atoms with van der Waals surface area (Å²) in [6, 6.07) is 8.57. The molecule has 1 atom stereocenters. The SMILES string of the molecule is O=C(NC(c1cccc(Br)c1)C1(O)CCCC1)c1nccc(C(F)(F)F)c1-n1cccn1. The van der Waals surface area contributed by atoms with Crippen LogP contribution in [-0.2, 0) is 6.18 Å². The number of carbonyl (C=O) groups excluding carboxylic acids is 1. The van der Waals surface area contributed by atoms with E-state index in [0.717, 1.165) is 34.3 Å². The minimum absolute atomic E-state index is 0.426. The molecule has 0 spiro atoms. The number of nitrogens with zero attached hydrogens (tertiary/aromatic N) is 3. The first kappa shape index (κ1) is 22.5. The summed E-state index contributed by atoms with van der Waals surface area (Å²) >= 11 is 3.39. The average molecular weight is 509 g/mol. The van der Waals surface area contributed by atoms with Crippen LogP contribution >= 0.6 is 15.9 Å². The van der Waals surface area contributed by atoms with Crippen molar-refractivity contribution in [2.45, 2.75) is 43.5 Å². The van der Waals surface area contributed by atoms with Crippen LogP contribution in [0.15, 0.2) is 59.5 Å². The first-order valence-electron chi connectivity index (χ1n) is 10.0. The van der Waals surface area contributed by atoms with Gasteiger partial charge >= 0.3 is 6.18 Å². The Morgan fingerprint density at radius 3 is 2.56 bits per heavy atom. The molecule has 1 amide bonds. The normalized spacial score (nSPS) is 16.7. The highest BCUT2D eigenvalue weighted by molar-refractivity contribution is 9.10. The molecule has 4 rings (SSSR count). The predicted molar refractivity (Wildman–Crippen MR) is 114 cm³/mol. The number of nitrogens with one attached hydrogen (secondary N) is 1. The lowest BCUT2D eigenvalue weighted by molar-refractivity contribution is -0.137. The second-order valence-electron chi connectivity index (χ2n) is 7.78. The molecule has 1 saturated carbocycles. The van der Waals surface area contributed by atoms with Gasteiger partial charge in [-0.3, -0.25) is 4.79 Å². The van der Waals surface area contributed by atoms with E-state index in [1.165, 1.54) is 18.5 Å². The number of aromatic nitrogens is 3. The minimum atomic E-state index is -4.72. The van der Waals surface area contributed by atoms with Gasteiger partial charge in [-0.1, -0.05) is 40.9 Å². The summed E-state index contributed by atoms with van der Waals surface area (Å²) in [5, 5.41) is 17.9. The van der Waals surface area contributed by atoms with Crippen molar-refractivity contribution in [2.24, 2.45) is 0 Å². The number of aliphatic hydroxyl groups is 1. The van der Waals surface area contributed by atoms with Crippen molar-refractivity contribution in [1.29, 1.82) is 0 Å². The van der Waals surface area contributed by atoms with E-state index in [2.05, 4.69) is 31.3 Å². The van der Waals surface area contributed by atoms with E-state index in [1.807, 2.05) is 6.07 Å². The van der Waals surface area contributed by atoms with Crippen LogP contribution in [0.25, 0.3) is 5.69 Å². The highest BCUT2D eigenvalue weighted by Gasteiger charge is 2.42. The first-order valence-corrected chi connectivity index (χ1v) is 10.8. The number of halogens is 4. The molecule has 3 aromatic rings. The molecule has 1 fully saturated rings. The fourth-order valence-corrected chi connectivity index (χ4v) is 4.59. The van der Waals surface area contributed by atoms with Gasteiger partial charge < -0.3 is 10.4 Å². The summed E-state index contributed by atoms with van der Waals surface area (Å²) < 4.78 is 42.9. The third-order valence-corrected chi connectivity index (χ3v) is 6.14. The molecule has 2 N–H and O–H groups in total. The molecular weight excluding hydrogens is 489 g/mol. The minimum Gasteiger partial charge on any atom is -0.387 e. The number of hydrogen-bond acceptors (Lipinski definition) is 4. The van der Waals surface area contributed by atoms with Gasteiger partial charge in [0.2, 0.25) is 0 Å². The van der Waals surface area contributed by atoms with Crippen LogP contribution in [0.3, 0.4) is 0 Å². The van der Waals surface area contributed by atoms with E-state index in [1.54, 1.807) is 18.2 Å². The summed E-state index contributed by atoms with van der Waals surface area (Å²) in [5.41, 5.74) is -2.49. The van der Waals surface area contributed by atoms with Gasteiger partial charge in [0.25, 0.3) is 5.91 Å². The number of alkyl halides is 3. The molecule has 2 aromatic heterocycles. The Morgan fingerprint density at radius 1 is 1.19 bits per heavy atom. The standard InChI is InChI=1S/C22H20BrF3N4O2/c23-15-6-3-5-14(13-15)19(21(32)8-1-2-9-21)29-20(31)17-18(30-12-4-10-28-30)16(7-11-27-17)22(24,25)26/h3-7,10-13,19,32H,1-2,8-9H2,(H,29,31). The van der Waals surface area contributed by atoms with Gasteiger partial charge in [-0.25, -0.2) is 9.67 Å². The summed E-state index contributed by atoms with van der Waals surface area (Å²) in [7, 11) is 0. The number of pyridine rings is 1. The van der Waals surface area contributed by atoms with E-state index in [-0.39, 0.29) is 0 Å². The Labute approximate surface area is 190 Å². The second-order valence-corrected chi connectivity index (χ2v) is 8.69. The lowest BCUT2D eigenvalue weighted by Crippen LogP contribution is -2.45. The van der Waals surface area contributed by atoms with Crippen molar-refractivity contribution in [3.05, 3.63) is 76.3 Å². The van der Waals surface area contributed by atoms with E-state index in [4.69, 9.17) is 0 Å². The van der Waals surface area contributed by atoms with Gasteiger partial charge in [0.1, 0.15) is 5.69 Å². The third kappa shape index (κ3) is 4.42. The lowest BCUT2D eigenvalue weighted by atomic mass is 9.87. The molecule has 32 heavy (non-hydrogen) atoms. The zero-order valence-corrected chi connectivity index (χ0v) is 18.4. The van der Waals surface area contributed by atoms with Crippen LogP contribution < -0.4 is 5.32 Å². The predicted octanol–water partition coefficient (Wildman–Crippen LogP) is 4.82. The first-order chi connectivity index (χ1) is 15.2. The Kier molecular flexibility index (Phi) is 6.09. The fraction of sp³-hybridized carbons (Fsp3) is 0.318. The number of carbonyl (C=O) groups is 1. The largest absolute Gasteiger partial charge is 0.418 e.